The number of fused-ring (bicyclic) bond motifs is 2. The molecule has 0 spiro atoms. The van der Waals surface area contributed by atoms with Crippen molar-refractivity contribution in [3.05, 3.63) is 127 Å². The van der Waals surface area contributed by atoms with Crippen molar-refractivity contribution >= 4 is 97.6 Å². The minimum Gasteiger partial charge on any atom is -0.478 e. The summed E-state index contributed by atoms with van der Waals surface area (Å²) >= 11 is 25.0. The highest BCUT2D eigenvalue weighted by atomic mass is 35.5. The average molecular weight is 1000 g/mol. The Bertz CT molecular complexity index is 2920. The number of nitrogens with zero attached hydrogens (tertiary/aromatic N) is 3. The Labute approximate surface area is 390 Å². The van der Waals surface area contributed by atoms with Crippen molar-refractivity contribution in [1.82, 2.24) is 14.0 Å². The number of rotatable bonds is 10. The number of aromatic carboxylic acids is 1. The van der Waals surface area contributed by atoms with Crippen LogP contribution in [0.2, 0.25) is 20.1 Å². The number of carbonyl (C=O) groups is 5. The number of aryl methyl sites for hydroxylation is 2. The van der Waals surface area contributed by atoms with Gasteiger partial charge in [-0.05, 0) is 79.4 Å². The zero-order valence-corrected chi connectivity index (χ0v) is 37.4. The molecule has 0 aliphatic carbocycles. The van der Waals surface area contributed by atoms with E-state index in [0.717, 1.165) is 18.2 Å². The summed E-state index contributed by atoms with van der Waals surface area (Å²) in [7, 11) is 4.32. The molecular weight excluding hydrogens is 970 g/mol. The number of carbonyl (C=O) groups excluding carboxylic acids is 4. The van der Waals surface area contributed by atoms with Crippen LogP contribution in [0.15, 0.2) is 72.8 Å². The number of likely N-dealkylation sites (tertiary alicyclic amines) is 1. The minimum absolute atomic E-state index is 0.0275. The lowest BCUT2D eigenvalue weighted by atomic mass is 9.93. The van der Waals surface area contributed by atoms with E-state index in [4.69, 9.17) is 51.1 Å². The van der Waals surface area contributed by atoms with Crippen LogP contribution in [-0.4, -0.2) is 81.5 Å². The zero-order chi connectivity index (χ0) is 48.6. The number of aromatic nitrogens is 2. The Morgan fingerprint density at radius 1 is 0.652 bits per heavy atom. The standard InChI is InChI=1S/C26H23Cl2F3N2O5.C18H10Cl2F3NO4/c1-32-19-13-16(38-26(29,30)31)4-3-15(19)12-20(32)24(35)22-18(27)6-5-17(23(22)28)25(36)33-9-7-14(8-10-33)11-21(34)37-2;1-24-12-7-9(28-18(21,22)23)3-2-8(12)6-13(24)16(25)14-11(19)5-4-10(15(14)20)17(26)27/h3-6,12-14H,7-11H2,1-2H3;2-7H,1H3,(H,26,27). The molecule has 2 aromatic heterocycles. The van der Waals surface area contributed by atoms with Gasteiger partial charge in [0, 0.05) is 56.5 Å². The molecule has 348 valence electrons. The molecule has 0 radical (unpaired) electrons. The molecule has 66 heavy (non-hydrogen) atoms. The fourth-order valence-electron chi connectivity index (χ4n) is 7.39. The molecule has 1 aliphatic heterocycles. The third-order valence-electron chi connectivity index (χ3n) is 10.6. The number of methoxy groups -OCH3 is 1. The minimum atomic E-state index is -4.86. The molecule has 0 bridgehead atoms. The van der Waals surface area contributed by atoms with Crippen molar-refractivity contribution in [2.24, 2.45) is 20.0 Å². The van der Waals surface area contributed by atoms with Crippen molar-refractivity contribution in [2.45, 2.75) is 32.0 Å². The van der Waals surface area contributed by atoms with Gasteiger partial charge in [0.25, 0.3) is 5.91 Å². The molecule has 1 fully saturated rings. The first-order chi connectivity index (χ1) is 30.9. The Morgan fingerprint density at radius 2 is 1.08 bits per heavy atom. The fraction of sp³-hybridized carbons (Fsp3) is 0.250. The first-order valence-corrected chi connectivity index (χ1v) is 20.8. The lowest BCUT2D eigenvalue weighted by Crippen LogP contribution is -2.39. The highest BCUT2D eigenvalue weighted by Crippen LogP contribution is 2.36. The average Bonchev–Trinajstić information content (AvgIpc) is 3.74. The summed E-state index contributed by atoms with van der Waals surface area (Å²) < 4.78 is 90.6. The summed E-state index contributed by atoms with van der Waals surface area (Å²) in [5.41, 5.74) is 0.306. The molecule has 3 heterocycles. The Hall–Kier alpha value is -5.95. The lowest BCUT2D eigenvalue weighted by molar-refractivity contribution is -0.275. The summed E-state index contributed by atoms with van der Waals surface area (Å²) in [5, 5.41) is 9.69. The van der Waals surface area contributed by atoms with Crippen LogP contribution in [0.25, 0.3) is 21.8 Å². The van der Waals surface area contributed by atoms with Crippen LogP contribution in [0.5, 0.6) is 11.5 Å². The van der Waals surface area contributed by atoms with E-state index in [0.29, 0.717) is 47.7 Å². The topological polar surface area (TPSA) is 146 Å². The normalized spacial score (nSPS) is 13.3. The Balaban J connectivity index is 0.000000229. The van der Waals surface area contributed by atoms with Crippen molar-refractivity contribution in [2.75, 3.05) is 20.2 Å². The second kappa shape index (κ2) is 19.5. The predicted molar refractivity (Wildman–Crippen MR) is 231 cm³/mol. The van der Waals surface area contributed by atoms with Crippen molar-refractivity contribution in [3.8, 4) is 11.5 Å². The number of ether oxygens (including phenoxy) is 3. The molecule has 0 saturated carbocycles. The van der Waals surface area contributed by atoms with Crippen LogP contribution in [-0.2, 0) is 23.6 Å². The molecule has 1 aliphatic rings. The van der Waals surface area contributed by atoms with E-state index in [1.807, 2.05) is 0 Å². The number of esters is 1. The van der Waals surface area contributed by atoms with E-state index >= 15 is 0 Å². The maximum absolute atomic E-state index is 13.5. The molecule has 6 aromatic rings. The van der Waals surface area contributed by atoms with Gasteiger partial charge < -0.3 is 33.4 Å². The molecule has 0 unspecified atom stereocenters. The molecular formula is C44H33Cl4F6N3O9. The third-order valence-corrected chi connectivity index (χ3v) is 12.1. The first-order valence-electron chi connectivity index (χ1n) is 19.2. The number of hydrogen-bond donors (Lipinski definition) is 1. The lowest BCUT2D eigenvalue weighted by Gasteiger charge is -2.32. The van der Waals surface area contributed by atoms with Gasteiger partial charge in [-0.15, -0.1) is 26.3 Å². The number of carboxylic acid groups (broad SMARTS) is 1. The van der Waals surface area contributed by atoms with Gasteiger partial charge in [0.05, 0.1) is 71.9 Å². The van der Waals surface area contributed by atoms with Gasteiger partial charge in [-0.1, -0.05) is 46.4 Å². The van der Waals surface area contributed by atoms with E-state index in [2.05, 4.69) is 9.47 Å². The number of benzene rings is 4. The zero-order valence-electron chi connectivity index (χ0n) is 34.4. The van der Waals surface area contributed by atoms with Gasteiger partial charge in [-0.3, -0.25) is 19.2 Å². The molecule has 4 aromatic carbocycles. The summed E-state index contributed by atoms with van der Waals surface area (Å²) in [6.45, 7) is 0.822. The van der Waals surface area contributed by atoms with Crippen LogP contribution in [0.4, 0.5) is 26.3 Å². The van der Waals surface area contributed by atoms with E-state index < -0.39 is 41.8 Å². The highest BCUT2D eigenvalue weighted by molar-refractivity contribution is 6.43. The summed E-state index contributed by atoms with van der Waals surface area (Å²) in [6.07, 6.45) is -8.19. The van der Waals surface area contributed by atoms with Crippen LogP contribution < -0.4 is 9.47 Å². The van der Waals surface area contributed by atoms with Crippen molar-refractivity contribution in [3.63, 3.8) is 0 Å². The number of hydrogen-bond acceptors (Lipinski definition) is 8. The maximum Gasteiger partial charge on any atom is 0.573 e. The molecule has 12 nitrogen and oxygen atoms in total. The molecule has 1 saturated heterocycles. The van der Waals surface area contributed by atoms with Crippen molar-refractivity contribution in [1.29, 1.82) is 0 Å². The molecule has 0 atom stereocenters. The highest BCUT2D eigenvalue weighted by Gasteiger charge is 2.34. The maximum atomic E-state index is 13.5. The molecule has 1 amide bonds. The fourth-order valence-corrected chi connectivity index (χ4v) is 8.63. The number of piperidine rings is 1. The van der Waals surface area contributed by atoms with Gasteiger partial charge in [-0.2, -0.15) is 0 Å². The monoisotopic (exact) mass is 1000 g/mol. The smallest absolute Gasteiger partial charge is 0.478 e. The van der Waals surface area contributed by atoms with Crippen LogP contribution in [0.3, 0.4) is 0 Å². The number of halogens is 10. The van der Waals surface area contributed by atoms with E-state index in [1.165, 1.54) is 84.9 Å². The van der Waals surface area contributed by atoms with E-state index in [-0.39, 0.29) is 77.9 Å². The molecule has 22 heteroatoms. The third kappa shape index (κ3) is 10.8. The quantitative estimate of drug-likeness (QED) is 0.0805. The van der Waals surface area contributed by atoms with Gasteiger partial charge in [0.15, 0.2) is 0 Å². The predicted octanol–water partition coefficient (Wildman–Crippen LogP) is 11.3. The van der Waals surface area contributed by atoms with Gasteiger partial charge >= 0.3 is 24.7 Å². The van der Waals surface area contributed by atoms with Crippen LogP contribution in [0.1, 0.15) is 72.1 Å². The van der Waals surface area contributed by atoms with Crippen LogP contribution >= 0.6 is 46.4 Å². The van der Waals surface area contributed by atoms with Crippen LogP contribution in [0, 0.1) is 5.92 Å². The summed E-state index contributed by atoms with van der Waals surface area (Å²) in [6, 6.07) is 15.6. The number of ketones is 2. The SMILES string of the molecule is COC(=O)CC1CCN(C(=O)c2ccc(Cl)c(C(=O)c3cc4ccc(OC(F)(F)F)cc4n3C)c2Cl)CC1.Cn1c(C(=O)c2c(Cl)ccc(C(=O)O)c2Cl)cc2ccc(OC(F)(F)F)cc21. The molecule has 7 rings (SSSR count). The summed E-state index contributed by atoms with van der Waals surface area (Å²) in [4.78, 5) is 64.2. The number of alkyl halides is 6. The second-order valence-electron chi connectivity index (χ2n) is 14.8. The van der Waals surface area contributed by atoms with Gasteiger partial charge in [-0.25, -0.2) is 4.79 Å². The first kappa shape index (κ1) is 49.5. The number of amides is 1. The van der Waals surface area contributed by atoms with Gasteiger partial charge in [0.1, 0.15) is 11.5 Å². The van der Waals surface area contributed by atoms with Gasteiger partial charge in [0.2, 0.25) is 11.6 Å². The van der Waals surface area contributed by atoms with E-state index in [1.54, 1.807) is 4.90 Å². The second-order valence-corrected chi connectivity index (χ2v) is 16.3. The largest absolute Gasteiger partial charge is 0.573 e. The van der Waals surface area contributed by atoms with Crippen molar-refractivity contribution < 1.29 is 69.6 Å². The summed E-state index contributed by atoms with van der Waals surface area (Å²) in [5.74, 6) is -4.02. The number of carboxylic acids is 1. The Kier molecular flexibility index (Phi) is 14.6. The Morgan fingerprint density at radius 3 is 1.48 bits per heavy atom. The van der Waals surface area contributed by atoms with E-state index in [9.17, 15) is 55.4 Å². The molecule has 1 N–H and O–H groups in total.